The first-order valence-corrected chi connectivity index (χ1v) is 11.2. The highest BCUT2D eigenvalue weighted by atomic mass is 16.5. The van der Waals surface area contributed by atoms with Crippen molar-refractivity contribution < 1.29 is 9.53 Å². The summed E-state index contributed by atoms with van der Waals surface area (Å²) in [5.41, 5.74) is 9.36. The Kier molecular flexibility index (Phi) is 5.53. The molecule has 0 spiro atoms. The van der Waals surface area contributed by atoms with Gasteiger partial charge in [0.15, 0.2) is 0 Å². The van der Waals surface area contributed by atoms with Crippen molar-refractivity contribution >= 4 is 27.7 Å². The minimum atomic E-state index is -0.381. The second kappa shape index (κ2) is 8.63. The van der Waals surface area contributed by atoms with Crippen LogP contribution in [0.5, 0.6) is 5.75 Å². The summed E-state index contributed by atoms with van der Waals surface area (Å²) >= 11 is 0. The predicted octanol–water partition coefficient (Wildman–Crippen LogP) is 4.18. The number of nitrogens with two attached hydrogens (primary N) is 1. The van der Waals surface area contributed by atoms with E-state index < -0.39 is 0 Å². The van der Waals surface area contributed by atoms with Gasteiger partial charge in [-0.1, -0.05) is 12.1 Å². The van der Waals surface area contributed by atoms with Crippen LogP contribution in [0.3, 0.4) is 0 Å². The molecule has 1 aliphatic rings. The molecule has 4 aromatic rings. The van der Waals surface area contributed by atoms with E-state index >= 15 is 0 Å². The van der Waals surface area contributed by atoms with E-state index in [0.717, 1.165) is 66.5 Å². The summed E-state index contributed by atoms with van der Waals surface area (Å²) in [6, 6.07) is 16.5. The van der Waals surface area contributed by atoms with Crippen LogP contribution in [-0.4, -0.2) is 47.1 Å². The first kappa shape index (κ1) is 20.5. The molecule has 2 aromatic heterocycles. The van der Waals surface area contributed by atoms with Crippen molar-refractivity contribution in [2.24, 2.45) is 5.73 Å². The van der Waals surface area contributed by atoms with Crippen molar-refractivity contribution in [2.75, 3.05) is 26.7 Å². The minimum absolute atomic E-state index is 0.381. The van der Waals surface area contributed by atoms with E-state index in [4.69, 9.17) is 10.5 Å². The summed E-state index contributed by atoms with van der Waals surface area (Å²) in [4.78, 5) is 18.6. The van der Waals surface area contributed by atoms with E-state index in [9.17, 15) is 4.79 Å². The Hall–Kier alpha value is -3.38. The second-order valence-corrected chi connectivity index (χ2v) is 8.54. The normalized spacial score (nSPS) is 15.4. The van der Waals surface area contributed by atoms with Crippen LogP contribution in [0.4, 0.5) is 0 Å². The quantitative estimate of drug-likeness (QED) is 0.500. The topological polar surface area (TPSA) is 73.4 Å². The summed E-state index contributed by atoms with van der Waals surface area (Å²) in [6.45, 7) is 3.10. The number of aromatic nitrogens is 2. The molecule has 2 aromatic carbocycles. The van der Waals surface area contributed by atoms with Gasteiger partial charge in [-0.15, -0.1) is 0 Å². The molecule has 2 N–H and O–H groups in total. The zero-order valence-electron chi connectivity index (χ0n) is 18.3. The number of primary amides is 1. The van der Waals surface area contributed by atoms with Crippen LogP contribution < -0.4 is 10.5 Å². The number of benzene rings is 2. The number of rotatable bonds is 6. The van der Waals surface area contributed by atoms with E-state index in [1.54, 1.807) is 13.2 Å². The summed E-state index contributed by atoms with van der Waals surface area (Å²) in [6.07, 6.45) is 7.08. The third kappa shape index (κ3) is 3.94. The lowest BCUT2D eigenvalue weighted by atomic mass is 10.0. The van der Waals surface area contributed by atoms with Gasteiger partial charge in [0, 0.05) is 54.5 Å². The lowest BCUT2D eigenvalue weighted by Crippen LogP contribution is -2.35. The molecule has 6 nitrogen and oxygen atoms in total. The Morgan fingerprint density at radius 1 is 1.12 bits per heavy atom. The molecule has 32 heavy (non-hydrogen) atoms. The average Bonchev–Trinajstić information content (AvgIpc) is 3.25. The van der Waals surface area contributed by atoms with Crippen LogP contribution in [0.15, 0.2) is 60.9 Å². The predicted molar refractivity (Wildman–Crippen MR) is 127 cm³/mol. The Morgan fingerprint density at radius 2 is 1.97 bits per heavy atom. The smallest absolute Gasteiger partial charge is 0.248 e. The highest BCUT2D eigenvalue weighted by Crippen LogP contribution is 2.29. The molecule has 164 valence electrons. The van der Waals surface area contributed by atoms with Crippen molar-refractivity contribution in [3.05, 3.63) is 72.1 Å². The number of pyridine rings is 1. The molecule has 6 heteroatoms. The monoisotopic (exact) mass is 428 g/mol. The van der Waals surface area contributed by atoms with Gasteiger partial charge >= 0.3 is 0 Å². The van der Waals surface area contributed by atoms with Gasteiger partial charge in [0.25, 0.3) is 0 Å². The van der Waals surface area contributed by atoms with E-state index in [1.807, 2.05) is 24.4 Å². The number of fused-ring (bicyclic) bond motifs is 2. The molecular formula is C26H28N4O2. The number of ether oxygens (including phenoxy) is 1. The number of likely N-dealkylation sites (tertiary alicyclic amines) is 1. The number of amides is 1. The molecular weight excluding hydrogens is 400 g/mol. The van der Waals surface area contributed by atoms with Crippen molar-refractivity contribution in [1.29, 1.82) is 0 Å². The summed E-state index contributed by atoms with van der Waals surface area (Å²) in [7, 11) is 1.73. The largest absolute Gasteiger partial charge is 0.496 e. The summed E-state index contributed by atoms with van der Waals surface area (Å²) < 4.78 is 7.96. The van der Waals surface area contributed by atoms with Gasteiger partial charge < -0.3 is 19.9 Å². The molecule has 0 aliphatic carbocycles. The van der Waals surface area contributed by atoms with Crippen LogP contribution in [-0.2, 0) is 6.42 Å². The molecule has 0 unspecified atom stereocenters. The standard InChI is InChI=1S/C26H28N4O2/c1-32-25-17-19-3-2-10-28-23(19)15-20(25)6-11-29-12-8-22(9-13-29)30-14-7-18-4-5-21(26(27)31)16-24(18)30/h2-5,7,10,14-17,22H,6,8-9,11-13H2,1H3,(H2,27,31). The van der Waals surface area contributed by atoms with Crippen LogP contribution >= 0.6 is 0 Å². The number of methoxy groups -OCH3 is 1. The maximum absolute atomic E-state index is 11.6. The molecule has 1 saturated heterocycles. The van der Waals surface area contributed by atoms with Gasteiger partial charge in [-0.2, -0.15) is 0 Å². The fourth-order valence-corrected chi connectivity index (χ4v) is 4.85. The van der Waals surface area contributed by atoms with Crippen LogP contribution in [0, 0.1) is 0 Å². The van der Waals surface area contributed by atoms with Crippen molar-refractivity contribution in [3.8, 4) is 5.75 Å². The fourth-order valence-electron chi connectivity index (χ4n) is 4.85. The van der Waals surface area contributed by atoms with Gasteiger partial charge in [-0.05, 0) is 66.6 Å². The Balaban J connectivity index is 1.25. The number of hydrogen-bond donors (Lipinski definition) is 1. The first-order chi connectivity index (χ1) is 15.6. The Labute approximate surface area is 187 Å². The molecule has 0 radical (unpaired) electrons. The maximum atomic E-state index is 11.6. The lowest BCUT2D eigenvalue weighted by molar-refractivity contribution is 0.100. The Morgan fingerprint density at radius 3 is 2.75 bits per heavy atom. The van der Waals surface area contributed by atoms with Crippen molar-refractivity contribution in [2.45, 2.75) is 25.3 Å². The zero-order chi connectivity index (χ0) is 22.1. The SMILES string of the molecule is COc1cc2cccnc2cc1CCN1CCC(n2ccc3ccc(C(N)=O)cc32)CC1. The van der Waals surface area contributed by atoms with Crippen molar-refractivity contribution in [1.82, 2.24) is 14.5 Å². The van der Waals surface area contributed by atoms with Crippen molar-refractivity contribution in [3.63, 3.8) is 0 Å². The van der Waals surface area contributed by atoms with Crippen LogP contribution in [0.1, 0.15) is 34.8 Å². The molecule has 1 fully saturated rings. The maximum Gasteiger partial charge on any atom is 0.248 e. The van der Waals surface area contributed by atoms with Gasteiger partial charge in [0.2, 0.25) is 5.91 Å². The first-order valence-electron chi connectivity index (χ1n) is 11.2. The van der Waals surface area contributed by atoms with E-state index in [1.165, 1.54) is 5.56 Å². The summed E-state index contributed by atoms with van der Waals surface area (Å²) in [5, 5.41) is 2.25. The number of nitrogens with zero attached hydrogens (tertiary/aromatic N) is 3. The molecule has 1 amide bonds. The molecule has 3 heterocycles. The molecule has 0 bridgehead atoms. The van der Waals surface area contributed by atoms with E-state index in [-0.39, 0.29) is 5.91 Å². The number of carbonyl (C=O) groups is 1. The molecule has 1 aliphatic heterocycles. The van der Waals surface area contributed by atoms with Crippen LogP contribution in [0.2, 0.25) is 0 Å². The molecule has 0 saturated carbocycles. The highest BCUT2D eigenvalue weighted by Gasteiger charge is 2.22. The second-order valence-electron chi connectivity index (χ2n) is 8.54. The number of hydrogen-bond acceptors (Lipinski definition) is 4. The lowest BCUT2D eigenvalue weighted by Gasteiger charge is -2.33. The third-order valence-electron chi connectivity index (χ3n) is 6.66. The highest BCUT2D eigenvalue weighted by molar-refractivity contribution is 5.97. The van der Waals surface area contributed by atoms with Gasteiger partial charge in [0.05, 0.1) is 12.6 Å². The number of carbonyl (C=O) groups excluding carboxylic acids is 1. The van der Waals surface area contributed by atoms with Gasteiger partial charge in [-0.25, -0.2) is 0 Å². The fraction of sp³-hybridized carbons (Fsp3) is 0.308. The zero-order valence-corrected chi connectivity index (χ0v) is 18.3. The number of piperidine rings is 1. The average molecular weight is 429 g/mol. The third-order valence-corrected chi connectivity index (χ3v) is 6.66. The van der Waals surface area contributed by atoms with Crippen LogP contribution in [0.25, 0.3) is 21.8 Å². The minimum Gasteiger partial charge on any atom is -0.496 e. The van der Waals surface area contributed by atoms with E-state index in [2.05, 4.69) is 44.9 Å². The summed E-state index contributed by atoms with van der Waals surface area (Å²) in [5.74, 6) is 0.554. The molecule has 5 rings (SSSR count). The van der Waals surface area contributed by atoms with Gasteiger partial charge in [-0.3, -0.25) is 9.78 Å². The van der Waals surface area contributed by atoms with Gasteiger partial charge in [0.1, 0.15) is 5.75 Å². The van der Waals surface area contributed by atoms with E-state index in [0.29, 0.717) is 11.6 Å². The molecule has 0 atom stereocenters. The Bertz CT molecular complexity index is 1270.